The molecule has 2 N–H and O–H groups in total. The van der Waals surface area contributed by atoms with E-state index in [1.165, 1.54) is 0 Å². The van der Waals surface area contributed by atoms with Crippen LogP contribution in [-0.2, 0) is 4.74 Å². The lowest BCUT2D eigenvalue weighted by Crippen LogP contribution is -2.58. The van der Waals surface area contributed by atoms with E-state index in [1.54, 1.807) is 0 Å². The van der Waals surface area contributed by atoms with Gasteiger partial charge >= 0.3 is 0 Å². The van der Waals surface area contributed by atoms with Crippen molar-refractivity contribution in [2.24, 2.45) is 35.5 Å². The van der Waals surface area contributed by atoms with Gasteiger partial charge in [0, 0.05) is 25.6 Å². The highest BCUT2D eigenvalue weighted by Gasteiger charge is 2.44. The summed E-state index contributed by atoms with van der Waals surface area (Å²) in [6.07, 6.45) is 7.01. The van der Waals surface area contributed by atoms with Crippen LogP contribution in [-0.4, -0.2) is 50.5 Å². The third-order valence-corrected chi connectivity index (χ3v) is 9.47. The molecule has 3 saturated carbocycles. The highest BCUT2D eigenvalue weighted by atomic mass is 19.2. The standard InChI is InChI=1S/C27H47F3N2O/c1-3-33-21-10-7-19(8-11-21)22-13-9-20(25(29)26(22)30)6-5-18-15-31-27(32-16-18)23-12-4-17(2)14-24(23)28/h17-27,31-32H,3-16H2,1-2H3. The average Bonchev–Trinajstić information content (AvgIpc) is 2.81. The minimum absolute atomic E-state index is 0.0566. The summed E-state index contributed by atoms with van der Waals surface area (Å²) in [4.78, 5) is 0. The minimum atomic E-state index is -1.32. The molecule has 192 valence electrons. The molecular formula is C27H47F3N2O. The number of hydrogen-bond donors (Lipinski definition) is 2. The topological polar surface area (TPSA) is 33.3 Å². The molecule has 0 aromatic rings. The molecule has 0 radical (unpaired) electrons. The van der Waals surface area contributed by atoms with E-state index < -0.39 is 18.5 Å². The van der Waals surface area contributed by atoms with Crippen LogP contribution in [0, 0.1) is 35.5 Å². The van der Waals surface area contributed by atoms with Crippen molar-refractivity contribution >= 4 is 0 Å². The molecule has 0 amide bonds. The van der Waals surface area contributed by atoms with Gasteiger partial charge in [-0.25, -0.2) is 13.2 Å². The molecule has 4 aliphatic rings. The van der Waals surface area contributed by atoms with Crippen LogP contribution in [0.4, 0.5) is 13.2 Å². The molecule has 6 heteroatoms. The first-order chi connectivity index (χ1) is 16.0. The van der Waals surface area contributed by atoms with Gasteiger partial charge in [0.15, 0.2) is 0 Å². The molecule has 0 aromatic carbocycles. The predicted molar refractivity (Wildman–Crippen MR) is 127 cm³/mol. The van der Waals surface area contributed by atoms with Gasteiger partial charge in [-0.1, -0.05) is 13.3 Å². The Morgan fingerprint density at radius 2 is 1.48 bits per heavy atom. The maximum atomic E-state index is 15.1. The minimum Gasteiger partial charge on any atom is -0.379 e. The molecule has 0 bridgehead atoms. The number of halogens is 3. The average molecular weight is 473 g/mol. The Kier molecular flexibility index (Phi) is 9.42. The largest absolute Gasteiger partial charge is 0.379 e. The summed E-state index contributed by atoms with van der Waals surface area (Å²) in [7, 11) is 0. The van der Waals surface area contributed by atoms with E-state index in [0.29, 0.717) is 30.3 Å². The van der Waals surface area contributed by atoms with Crippen LogP contribution >= 0.6 is 0 Å². The van der Waals surface area contributed by atoms with Crippen molar-refractivity contribution < 1.29 is 17.9 Å². The maximum absolute atomic E-state index is 15.1. The normalized spacial score (nSPS) is 47.4. The third-order valence-electron chi connectivity index (χ3n) is 9.47. The quantitative estimate of drug-likeness (QED) is 0.479. The van der Waals surface area contributed by atoms with Gasteiger partial charge in [0.25, 0.3) is 0 Å². The van der Waals surface area contributed by atoms with Gasteiger partial charge in [-0.2, -0.15) is 0 Å². The molecule has 3 nitrogen and oxygen atoms in total. The lowest BCUT2D eigenvalue weighted by molar-refractivity contribution is -0.0327. The van der Waals surface area contributed by atoms with Crippen molar-refractivity contribution in [2.45, 2.75) is 115 Å². The molecular weight excluding hydrogens is 425 g/mol. The monoisotopic (exact) mass is 472 g/mol. The van der Waals surface area contributed by atoms with Crippen LogP contribution in [0.5, 0.6) is 0 Å². The second kappa shape index (κ2) is 12.1. The Hall–Kier alpha value is -0.330. The van der Waals surface area contributed by atoms with Crippen LogP contribution < -0.4 is 10.6 Å². The maximum Gasteiger partial charge on any atom is 0.134 e. The van der Waals surface area contributed by atoms with E-state index in [-0.39, 0.29) is 23.9 Å². The molecule has 1 aliphatic heterocycles. The van der Waals surface area contributed by atoms with E-state index in [2.05, 4.69) is 17.6 Å². The van der Waals surface area contributed by atoms with E-state index in [1.807, 2.05) is 6.92 Å². The third kappa shape index (κ3) is 6.46. The van der Waals surface area contributed by atoms with Crippen molar-refractivity contribution in [3.05, 3.63) is 0 Å². The molecule has 33 heavy (non-hydrogen) atoms. The van der Waals surface area contributed by atoms with Gasteiger partial charge in [0.05, 0.1) is 12.3 Å². The molecule has 3 aliphatic carbocycles. The van der Waals surface area contributed by atoms with Gasteiger partial charge in [0.2, 0.25) is 0 Å². The fourth-order valence-electron chi connectivity index (χ4n) is 7.34. The van der Waals surface area contributed by atoms with Crippen LogP contribution in [0.15, 0.2) is 0 Å². The Morgan fingerprint density at radius 1 is 0.788 bits per heavy atom. The first-order valence-corrected chi connectivity index (χ1v) is 14.0. The molecule has 1 saturated heterocycles. The lowest BCUT2D eigenvalue weighted by Gasteiger charge is -2.42. The molecule has 7 atom stereocenters. The highest BCUT2D eigenvalue weighted by molar-refractivity contribution is 4.94. The van der Waals surface area contributed by atoms with Crippen LogP contribution in [0.3, 0.4) is 0 Å². The summed E-state index contributed by atoms with van der Waals surface area (Å²) in [6, 6.07) is 0. The number of alkyl halides is 3. The van der Waals surface area contributed by atoms with Gasteiger partial charge in [-0.15, -0.1) is 0 Å². The summed E-state index contributed by atoms with van der Waals surface area (Å²) in [6.45, 7) is 6.60. The zero-order chi connectivity index (χ0) is 23.4. The van der Waals surface area contributed by atoms with E-state index >= 15 is 8.78 Å². The van der Waals surface area contributed by atoms with Gasteiger partial charge in [-0.3, -0.25) is 0 Å². The van der Waals surface area contributed by atoms with Crippen molar-refractivity contribution in [3.63, 3.8) is 0 Å². The summed E-state index contributed by atoms with van der Waals surface area (Å²) in [5.41, 5.74) is 0. The second-order valence-electron chi connectivity index (χ2n) is 11.7. The van der Waals surface area contributed by atoms with E-state index in [4.69, 9.17) is 4.74 Å². The molecule has 4 fully saturated rings. The molecule has 0 aromatic heterocycles. The summed E-state index contributed by atoms with van der Waals surface area (Å²) < 4.78 is 50.5. The van der Waals surface area contributed by atoms with Crippen molar-refractivity contribution in [3.8, 4) is 0 Å². The van der Waals surface area contributed by atoms with Crippen molar-refractivity contribution in [1.82, 2.24) is 10.6 Å². The van der Waals surface area contributed by atoms with Gasteiger partial charge in [-0.05, 0) is 101 Å². The predicted octanol–water partition coefficient (Wildman–Crippen LogP) is 5.97. The smallest absolute Gasteiger partial charge is 0.134 e. The Bertz CT molecular complexity index is 580. The fraction of sp³-hybridized carbons (Fsp3) is 1.00. The van der Waals surface area contributed by atoms with Crippen LogP contribution in [0.2, 0.25) is 0 Å². The number of nitrogens with one attached hydrogen (secondary N) is 2. The Morgan fingerprint density at radius 3 is 2.15 bits per heavy atom. The first-order valence-electron chi connectivity index (χ1n) is 14.0. The first kappa shape index (κ1) is 25.8. The second-order valence-corrected chi connectivity index (χ2v) is 11.7. The number of rotatable bonds is 7. The summed E-state index contributed by atoms with van der Waals surface area (Å²) >= 11 is 0. The van der Waals surface area contributed by atoms with Gasteiger partial charge in [0.1, 0.15) is 18.5 Å². The number of hydrogen-bond acceptors (Lipinski definition) is 3. The van der Waals surface area contributed by atoms with Crippen molar-refractivity contribution in [2.75, 3.05) is 19.7 Å². The zero-order valence-corrected chi connectivity index (χ0v) is 20.8. The molecule has 4 rings (SSSR count). The van der Waals surface area contributed by atoms with E-state index in [9.17, 15) is 4.39 Å². The van der Waals surface area contributed by atoms with Crippen molar-refractivity contribution in [1.29, 1.82) is 0 Å². The molecule has 0 spiro atoms. The van der Waals surface area contributed by atoms with Crippen LogP contribution in [0.25, 0.3) is 0 Å². The lowest BCUT2D eigenvalue weighted by atomic mass is 9.68. The molecule has 1 heterocycles. The molecule has 7 unspecified atom stereocenters. The van der Waals surface area contributed by atoms with E-state index in [0.717, 1.165) is 83.9 Å². The van der Waals surface area contributed by atoms with Crippen LogP contribution in [0.1, 0.15) is 84.5 Å². The summed E-state index contributed by atoms with van der Waals surface area (Å²) in [5.74, 6) is 1.03. The Balaban J connectivity index is 1.17. The van der Waals surface area contributed by atoms with Gasteiger partial charge < -0.3 is 15.4 Å². The highest BCUT2D eigenvalue weighted by Crippen LogP contribution is 2.44. The summed E-state index contributed by atoms with van der Waals surface area (Å²) in [5, 5.41) is 7.05. The zero-order valence-electron chi connectivity index (χ0n) is 20.8. The Labute approximate surface area is 199 Å². The fourth-order valence-corrected chi connectivity index (χ4v) is 7.34. The SMILES string of the molecule is CCOC1CCC(C2CCC(CCC3CNC(C4CCC(C)CC4F)NC3)C(F)C2F)CC1. The number of ether oxygens (including phenoxy) is 1.